The first kappa shape index (κ1) is 30.8. The number of hydrazine groups is 1. The van der Waals surface area contributed by atoms with Crippen LogP contribution < -0.4 is 11.1 Å². The minimum absolute atomic E-state index is 0.108. The zero-order chi connectivity index (χ0) is 26.8. The number of methoxy groups -OCH3 is 1. The lowest BCUT2D eigenvalue weighted by atomic mass is 9.94. The predicted octanol–water partition coefficient (Wildman–Crippen LogP) is -3.66. The van der Waals surface area contributed by atoms with Crippen LogP contribution in [0.15, 0.2) is 5.28 Å². The van der Waals surface area contributed by atoms with Crippen molar-refractivity contribution in [1.82, 2.24) is 10.3 Å². The van der Waals surface area contributed by atoms with Crippen molar-refractivity contribution in [2.45, 2.75) is 81.0 Å². The van der Waals surface area contributed by atoms with Gasteiger partial charge >= 0.3 is 0 Å². The maximum atomic E-state index is 12.1. The Kier molecular flexibility index (Phi) is 12.9. The number of hydrogen-bond donors (Lipinski definition) is 7. The van der Waals surface area contributed by atoms with Gasteiger partial charge in [-0.15, -0.1) is 5.01 Å². The first-order valence-corrected chi connectivity index (χ1v) is 12.0. The molecule has 36 heavy (non-hydrogen) atoms. The van der Waals surface area contributed by atoms with Crippen LogP contribution in [-0.2, 0) is 18.9 Å². The van der Waals surface area contributed by atoms with Gasteiger partial charge in [0.2, 0.25) is 0 Å². The molecule has 0 amide bonds. The van der Waals surface area contributed by atoms with E-state index in [2.05, 4.69) is 10.6 Å². The van der Waals surface area contributed by atoms with Crippen LogP contribution in [0.4, 0.5) is 0 Å². The van der Waals surface area contributed by atoms with Crippen LogP contribution in [-0.4, -0.2) is 143 Å². The second kappa shape index (κ2) is 15.1. The Morgan fingerprint density at radius 2 is 1.69 bits per heavy atom. The molecule has 0 aromatic rings. The summed E-state index contributed by atoms with van der Waals surface area (Å²) in [5.41, 5.74) is 5.44. The molecule has 0 bridgehead atoms. The Morgan fingerprint density at radius 1 is 1.03 bits per heavy atom. The monoisotopic (exact) mass is 526 g/mol. The van der Waals surface area contributed by atoms with Crippen LogP contribution in [0.25, 0.3) is 0 Å². The van der Waals surface area contributed by atoms with E-state index in [1.165, 1.54) is 14.0 Å². The Labute approximate surface area is 209 Å². The van der Waals surface area contributed by atoms with Gasteiger partial charge in [-0.1, -0.05) is 0 Å². The van der Waals surface area contributed by atoms with Gasteiger partial charge in [-0.25, -0.2) is 0 Å². The molecule has 8 N–H and O–H groups in total. The number of ether oxygens (including phenoxy) is 4. The quantitative estimate of drug-likeness (QED) is 0.0499. The second-order valence-corrected chi connectivity index (χ2v) is 8.86. The van der Waals surface area contributed by atoms with Gasteiger partial charge in [0.15, 0.2) is 6.29 Å². The van der Waals surface area contributed by atoms with Crippen molar-refractivity contribution in [3.63, 3.8) is 0 Å². The zero-order valence-electron chi connectivity index (χ0n) is 20.5. The van der Waals surface area contributed by atoms with Gasteiger partial charge in [-0.05, 0) is 44.7 Å². The van der Waals surface area contributed by atoms with E-state index in [0.29, 0.717) is 26.1 Å². The molecule has 2 unspecified atom stereocenters. The van der Waals surface area contributed by atoms with Crippen LogP contribution >= 0.6 is 0 Å². The lowest BCUT2D eigenvalue weighted by Gasteiger charge is -2.46. The van der Waals surface area contributed by atoms with E-state index in [4.69, 9.17) is 24.7 Å². The molecular weight excluding hydrogens is 486 g/mol. The van der Waals surface area contributed by atoms with Crippen molar-refractivity contribution in [2.24, 2.45) is 11.0 Å². The molecule has 0 aliphatic carbocycles. The van der Waals surface area contributed by atoms with Crippen LogP contribution in [0.2, 0.25) is 0 Å². The number of rotatable bonds is 14. The number of nitrogens with one attached hydrogen (secondary N) is 1. The first-order chi connectivity index (χ1) is 17.2. The molecule has 2 aliphatic rings. The number of nitrogens with zero attached hydrogens (tertiary/aromatic N) is 3. The topological polar surface area (TPSA) is 241 Å². The standard InChI is InChI=1S/C20H41N5O11/c1-11-14(27)15(28)19(13(10-26)34-11)36-20-17(30)16(29)18(33-2)12(35-20)9-24(25(32)23-31)8-4-7-22-6-3-5-21/h11-20,22,26-31H,3-10,21H2,1-2H3/p-1/b25-23-/t11-,12-,13-,14+,15-,16-,17-,18?,19?,20-/m1/s1. The van der Waals surface area contributed by atoms with Gasteiger partial charge < -0.3 is 65.9 Å². The van der Waals surface area contributed by atoms with E-state index in [1.807, 2.05) is 0 Å². The van der Waals surface area contributed by atoms with Crippen LogP contribution in [0, 0.1) is 10.4 Å². The minimum Gasteiger partial charge on any atom is -0.737 e. The second-order valence-electron chi connectivity index (χ2n) is 8.86. The predicted molar refractivity (Wildman–Crippen MR) is 122 cm³/mol. The largest absolute Gasteiger partial charge is 0.737 e. The maximum absolute atomic E-state index is 12.1. The third kappa shape index (κ3) is 7.78. The van der Waals surface area contributed by atoms with Crippen LogP contribution in [0.3, 0.4) is 0 Å². The fraction of sp³-hybridized carbons (Fsp3) is 1.00. The molecule has 10 atom stereocenters. The smallest absolute Gasteiger partial charge is 0.187 e. The Morgan fingerprint density at radius 3 is 2.31 bits per heavy atom. The number of aliphatic hydroxyl groups excluding tert-OH is 5. The van der Waals surface area contributed by atoms with Crippen molar-refractivity contribution < 1.29 is 49.4 Å². The average molecular weight is 527 g/mol. The fourth-order valence-electron chi connectivity index (χ4n) is 4.30. The highest BCUT2D eigenvalue weighted by atomic mass is 16.7. The van der Waals surface area contributed by atoms with E-state index >= 15 is 0 Å². The lowest BCUT2D eigenvalue weighted by Crippen LogP contribution is -2.65. The molecular formula is C20H40N5O11-. The molecule has 212 valence electrons. The SMILES string of the molecule is COC1[C@@H](CN(CCCNCCCN)/[N+]([O-])=N/[O-])O[C@H](OC2[C@@H](CO)O[C@H](C)[C@H](O)[C@H]2O)[C@H](O)[C@H]1O. The average Bonchev–Trinajstić information content (AvgIpc) is 2.87. The van der Waals surface area contributed by atoms with Crippen LogP contribution in [0.1, 0.15) is 19.8 Å². The highest BCUT2D eigenvalue weighted by Gasteiger charge is 2.50. The molecule has 2 saturated heterocycles. The van der Waals surface area contributed by atoms with E-state index in [9.17, 15) is 35.9 Å². The van der Waals surface area contributed by atoms with E-state index < -0.39 is 67.8 Å². The maximum Gasteiger partial charge on any atom is 0.187 e. The third-order valence-corrected chi connectivity index (χ3v) is 6.34. The first-order valence-electron chi connectivity index (χ1n) is 12.0. The number of aliphatic hydroxyl groups is 5. The van der Waals surface area contributed by atoms with E-state index in [-0.39, 0.29) is 18.1 Å². The zero-order valence-corrected chi connectivity index (χ0v) is 20.5. The van der Waals surface area contributed by atoms with E-state index in [0.717, 1.165) is 11.4 Å². The summed E-state index contributed by atoms with van der Waals surface area (Å²) in [6.45, 7) is 2.58. The minimum atomic E-state index is -1.65. The molecule has 0 saturated carbocycles. The molecule has 16 heteroatoms. The normalized spacial score (nSPS) is 37.7. The molecule has 2 heterocycles. The van der Waals surface area contributed by atoms with Crippen molar-refractivity contribution in [3.05, 3.63) is 10.4 Å². The number of hydrogen-bond acceptors (Lipinski definition) is 14. The Hall–Kier alpha value is -1.44. The molecule has 0 aromatic heterocycles. The van der Waals surface area contributed by atoms with Crippen molar-refractivity contribution in [1.29, 1.82) is 0 Å². The lowest BCUT2D eigenvalue weighted by molar-refractivity contribution is -0.692. The van der Waals surface area contributed by atoms with Crippen molar-refractivity contribution >= 4 is 0 Å². The molecule has 2 fully saturated rings. The summed E-state index contributed by atoms with van der Waals surface area (Å²) < 4.78 is 22.2. The summed E-state index contributed by atoms with van der Waals surface area (Å²) in [5.74, 6) is 0. The van der Waals surface area contributed by atoms with Gasteiger partial charge in [-0.2, -0.15) is 0 Å². The van der Waals surface area contributed by atoms with Gasteiger partial charge in [0.05, 0.1) is 19.3 Å². The van der Waals surface area contributed by atoms with Gasteiger partial charge in [0.25, 0.3) is 0 Å². The molecule has 0 spiro atoms. The summed E-state index contributed by atoms with van der Waals surface area (Å²) >= 11 is 0. The third-order valence-electron chi connectivity index (χ3n) is 6.34. The molecule has 16 nitrogen and oxygen atoms in total. The summed E-state index contributed by atoms with van der Waals surface area (Å²) in [7, 11) is 1.27. The summed E-state index contributed by atoms with van der Waals surface area (Å²) in [6, 6.07) is 0. The molecule has 2 rings (SSSR count). The summed E-state index contributed by atoms with van der Waals surface area (Å²) in [6.07, 6.45) is -11.7. The van der Waals surface area contributed by atoms with Gasteiger partial charge in [-0.3, -0.25) is 0 Å². The highest BCUT2D eigenvalue weighted by Crippen LogP contribution is 2.30. The van der Waals surface area contributed by atoms with Gasteiger partial charge in [0.1, 0.15) is 55.4 Å². The molecule has 0 aromatic carbocycles. The molecule has 2 aliphatic heterocycles. The Bertz CT molecular complexity index is 664. The van der Waals surface area contributed by atoms with Crippen molar-refractivity contribution in [3.8, 4) is 0 Å². The molecule has 0 radical (unpaired) electrons. The van der Waals surface area contributed by atoms with Crippen LogP contribution in [0.5, 0.6) is 0 Å². The number of nitrogens with two attached hydrogens (primary N) is 1. The van der Waals surface area contributed by atoms with E-state index in [1.54, 1.807) is 0 Å². The summed E-state index contributed by atoms with van der Waals surface area (Å²) in [4.78, 5) is -0.137. The fourth-order valence-corrected chi connectivity index (χ4v) is 4.30. The highest BCUT2D eigenvalue weighted by molar-refractivity contribution is 4.95. The van der Waals surface area contributed by atoms with Crippen molar-refractivity contribution in [2.75, 3.05) is 46.4 Å². The summed E-state index contributed by atoms with van der Waals surface area (Å²) in [5, 5.41) is 81.1. The Balaban J connectivity index is 2.12. The van der Waals surface area contributed by atoms with Gasteiger partial charge in [0, 0.05) is 12.1 Å².